The van der Waals surface area contributed by atoms with Gasteiger partial charge in [-0.1, -0.05) is 17.7 Å². The van der Waals surface area contributed by atoms with Crippen molar-refractivity contribution in [3.05, 3.63) is 29.3 Å². The quantitative estimate of drug-likeness (QED) is 0.739. The number of thiophene rings is 1. The van der Waals surface area contributed by atoms with Gasteiger partial charge in [-0.25, -0.2) is 13.2 Å². The van der Waals surface area contributed by atoms with Crippen LogP contribution in [0.25, 0.3) is 10.1 Å². The van der Waals surface area contributed by atoms with E-state index in [2.05, 4.69) is 0 Å². The summed E-state index contributed by atoms with van der Waals surface area (Å²) in [6, 6.07) is 6.86. The van der Waals surface area contributed by atoms with Gasteiger partial charge in [-0.2, -0.15) is 4.31 Å². The molecule has 2 aliphatic heterocycles. The molecule has 162 valence electrons. The van der Waals surface area contributed by atoms with Gasteiger partial charge >= 0.3 is 6.09 Å². The van der Waals surface area contributed by atoms with E-state index in [-0.39, 0.29) is 29.1 Å². The molecule has 2 aliphatic rings. The second-order valence-electron chi connectivity index (χ2n) is 7.64. The van der Waals surface area contributed by atoms with Crippen LogP contribution in [0, 0.1) is 5.92 Å². The highest BCUT2D eigenvalue weighted by atomic mass is 35.5. The Morgan fingerprint density at radius 1 is 1.17 bits per heavy atom. The Hall–Kier alpha value is -1.88. The van der Waals surface area contributed by atoms with E-state index < -0.39 is 16.1 Å². The van der Waals surface area contributed by atoms with Crippen molar-refractivity contribution in [2.24, 2.45) is 5.92 Å². The first-order chi connectivity index (χ1) is 14.2. The van der Waals surface area contributed by atoms with E-state index in [0.29, 0.717) is 44.0 Å². The summed E-state index contributed by atoms with van der Waals surface area (Å²) >= 11 is 7.15. The molecule has 0 bridgehead atoms. The zero-order valence-corrected chi connectivity index (χ0v) is 18.5. The van der Waals surface area contributed by atoms with Crippen LogP contribution in [0.2, 0.25) is 5.02 Å². The molecule has 11 heteroatoms. The van der Waals surface area contributed by atoms with Crippen LogP contribution in [-0.4, -0.2) is 78.9 Å². The minimum absolute atomic E-state index is 0.175. The number of fused-ring (bicyclic) bond motifs is 1. The molecule has 0 atom stereocenters. The van der Waals surface area contributed by atoms with E-state index in [1.807, 2.05) is 0 Å². The van der Waals surface area contributed by atoms with Crippen molar-refractivity contribution in [3.63, 3.8) is 0 Å². The predicted octanol–water partition coefficient (Wildman–Crippen LogP) is 2.78. The number of amides is 2. The third-order valence-corrected chi connectivity index (χ3v) is 9.33. The van der Waals surface area contributed by atoms with Crippen LogP contribution < -0.4 is 0 Å². The molecule has 1 aromatic heterocycles. The second kappa shape index (κ2) is 8.33. The van der Waals surface area contributed by atoms with Gasteiger partial charge in [0.1, 0.15) is 4.21 Å². The summed E-state index contributed by atoms with van der Waals surface area (Å²) in [7, 11) is -3.75. The van der Waals surface area contributed by atoms with E-state index in [1.54, 1.807) is 29.2 Å². The smallest absolute Gasteiger partial charge is 0.407 e. The third kappa shape index (κ3) is 4.27. The van der Waals surface area contributed by atoms with Gasteiger partial charge in [-0.15, -0.1) is 11.3 Å². The van der Waals surface area contributed by atoms with Crippen LogP contribution in [0.3, 0.4) is 0 Å². The van der Waals surface area contributed by atoms with Crippen molar-refractivity contribution in [1.82, 2.24) is 14.1 Å². The molecule has 0 aliphatic carbocycles. The van der Waals surface area contributed by atoms with Gasteiger partial charge in [-0.3, -0.25) is 4.79 Å². The second-order valence-corrected chi connectivity index (χ2v) is 11.3. The molecule has 0 saturated carbocycles. The van der Waals surface area contributed by atoms with Gasteiger partial charge in [0.25, 0.3) is 10.0 Å². The standard InChI is InChI=1S/C19H22ClN3O5S2/c20-15-2-1-14-9-18(29-16(14)10-15)30(27,28)23-8-7-22(17(24)12-23)11-13-3-5-21(6-4-13)19(25)26/h1-2,9-10,13H,3-8,11-12H2,(H,25,26). The van der Waals surface area contributed by atoms with E-state index in [9.17, 15) is 18.0 Å². The largest absolute Gasteiger partial charge is 0.465 e. The summed E-state index contributed by atoms with van der Waals surface area (Å²) < 4.78 is 28.4. The number of carboxylic acid groups (broad SMARTS) is 1. The molecule has 2 saturated heterocycles. The zero-order chi connectivity index (χ0) is 21.5. The summed E-state index contributed by atoms with van der Waals surface area (Å²) in [4.78, 5) is 26.8. The number of likely N-dealkylation sites (tertiary alicyclic amines) is 1. The lowest BCUT2D eigenvalue weighted by Gasteiger charge is -2.37. The highest BCUT2D eigenvalue weighted by Gasteiger charge is 2.35. The van der Waals surface area contributed by atoms with Gasteiger partial charge in [0.15, 0.2) is 0 Å². The fourth-order valence-corrected chi connectivity index (χ4v) is 7.15. The van der Waals surface area contributed by atoms with Crippen molar-refractivity contribution in [2.45, 2.75) is 17.1 Å². The number of hydrogen-bond donors (Lipinski definition) is 1. The molecule has 1 aromatic carbocycles. The van der Waals surface area contributed by atoms with Gasteiger partial charge in [0, 0.05) is 42.4 Å². The molecule has 2 amide bonds. The molecule has 8 nitrogen and oxygen atoms in total. The average molecular weight is 472 g/mol. The molecule has 0 unspecified atom stereocenters. The van der Waals surface area contributed by atoms with Crippen molar-refractivity contribution in [3.8, 4) is 0 Å². The van der Waals surface area contributed by atoms with Crippen LogP contribution >= 0.6 is 22.9 Å². The van der Waals surface area contributed by atoms with Gasteiger partial charge in [-0.05, 0) is 42.3 Å². The number of benzene rings is 1. The highest BCUT2D eigenvalue weighted by Crippen LogP contribution is 2.33. The van der Waals surface area contributed by atoms with E-state index in [4.69, 9.17) is 16.7 Å². The van der Waals surface area contributed by atoms with E-state index in [0.717, 1.165) is 21.4 Å². The summed E-state index contributed by atoms with van der Waals surface area (Å²) in [6.07, 6.45) is 0.511. The van der Waals surface area contributed by atoms with Gasteiger partial charge in [0.05, 0.1) is 6.54 Å². The fraction of sp³-hybridized carbons (Fsp3) is 0.474. The maximum Gasteiger partial charge on any atom is 0.407 e. The first-order valence-electron chi connectivity index (χ1n) is 9.69. The lowest BCUT2D eigenvalue weighted by atomic mass is 9.96. The van der Waals surface area contributed by atoms with Crippen LogP contribution in [0.4, 0.5) is 4.79 Å². The monoisotopic (exact) mass is 471 g/mol. The lowest BCUT2D eigenvalue weighted by molar-refractivity contribution is -0.135. The van der Waals surface area contributed by atoms with Crippen molar-refractivity contribution >= 4 is 55.0 Å². The summed E-state index contributed by atoms with van der Waals surface area (Å²) in [6.45, 7) is 1.90. The Labute approximate surface area is 183 Å². The van der Waals surface area contributed by atoms with Crippen LogP contribution in [-0.2, 0) is 14.8 Å². The normalized spacial score (nSPS) is 19.6. The highest BCUT2D eigenvalue weighted by molar-refractivity contribution is 7.91. The number of piperazine rings is 1. The van der Waals surface area contributed by atoms with Crippen LogP contribution in [0.15, 0.2) is 28.5 Å². The number of carbonyl (C=O) groups is 2. The number of rotatable bonds is 4. The molecule has 2 fully saturated rings. The summed E-state index contributed by atoms with van der Waals surface area (Å²) in [5, 5.41) is 10.4. The van der Waals surface area contributed by atoms with Crippen molar-refractivity contribution in [2.75, 3.05) is 39.3 Å². The number of halogens is 1. The molecule has 4 rings (SSSR count). The first-order valence-corrected chi connectivity index (χ1v) is 12.3. The van der Waals surface area contributed by atoms with Gasteiger partial charge in [0.2, 0.25) is 5.91 Å². The molecule has 1 N–H and O–H groups in total. The number of carbonyl (C=O) groups excluding carboxylic acids is 1. The third-order valence-electron chi connectivity index (χ3n) is 5.70. The van der Waals surface area contributed by atoms with E-state index in [1.165, 1.54) is 9.21 Å². The lowest BCUT2D eigenvalue weighted by Crippen LogP contribution is -2.53. The van der Waals surface area contributed by atoms with Crippen molar-refractivity contribution in [1.29, 1.82) is 0 Å². The minimum Gasteiger partial charge on any atom is -0.465 e. The Bertz CT molecular complexity index is 1080. The molecule has 0 spiro atoms. The Morgan fingerprint density at radius 3 is 2.57 bits per heavy atom. The molecular weight excluding hydrogens is 450 g/mol. The summed E-state index contributed by atoms with van der Waals surface area (Å²) in [5.74, 6) is 0.0229. The number of hydrogen-bond acceptors (Lipinski definition) is 5. The maximum absolute atomic E-state index is 13.1. The number of piperidine rings is 1. The number of nitrogens with zero attached hydrogens (tertiary/aromatic N) is 3. The average Bonchev–Trinajstić information content (AvgIpc) is 3.14. The SMILES string of the molecule is O=C(O)N1CCC(CN2CCN(S(=O)(=O)c3cc4ccc(Cl)cc4s3)CC2=O)CC1. The molecule has 30 heavy (non-hydrogen) atoms. The maximum atomic E-state index is 13.1. The molecule has 3 heterocycles. The van der Waals surface area contributed by atoms with E-state index >= 15 is 0 Å². The minimum atomic E-state index is -3.75. The Kier molecular flexibility index (Phi) is 5.93. The van der Waals surface area contributed by atoms with Gasteiger partial charge < -0.3 is 14.9 Å². The number of sulfonamides is 1. The van der Waals surface area contributed by atoms with Crippen LogP contribution in [0.1, 0.15) is 12.8 Å². The first kappa shape index (κ1) is 21.4. The predicted molar refractivity (Wildman–Crippen MR) is 114 cm³/mol. The molecule has 0 radical (unpaired) electrons. The Balaban J connectivity index is 1.39. The fourth-order valence-electron chi connectivity index (χ4n) is 3.94. The summed E-state index contributed by atoms with van der Waals surface area (Å²) in [5.41, 5.74) is 0. The van der Waals surface area contributed by atoms with Crippen LogP contribution in [0.5, 0.6) is 0 Å². The molecule has 2 aromatic rings. The molecular formula is C19H22ClN3O5S2. The zero-order valence-electron chi connectivity index (χ0n) is 16.2. The topological polar surface area (TPSA) is 98.2 Å². The Morgan fingerprint density at radius 2 is 1.90 bits per heavy atom. The van der Waals surface area contributed by atoms with Crippen molar-refractivity contribution < 1.29 is 23.1 Å².